The van der Waals surface area contributed by atoms with Gasteiger partial charge in [-0.3, -0.25) is 0 Å². The van der Waals surface area contributed by atoms with Crippen LogP contribution in [0.4, 0.5) is 0 Å². The van der Waals surface area contributed by atoms with Gasteiger partial charge in [0.05, 0.1) is 11.2 Å². The highest BCUT2D eigenvalue weighted by Gasteiger charge is 2.51. The topological polar surface area (TPSA) is 57.1 Å². The van der Waals surface area contributed by atoms with Crippen LogP contribution in [0, 0.1) is 0 Å². The molecule has 0 saturated carbocycles. The lowest BCUT2D eigenvalue weighted by atomic mass is 9.78. The molecular weight excluding hydrogens is 361 g/mol. The first kappa shape index (κ1) is 21.9. The molecule has 0 unspecified atom stereocenters. The second-order valence-corrected chi connectivity index (χ2v) is 11.0. The van der Waals surface area contributed by atoms with Crippen LogP contribution < -0.4 is 5.46 Å². The molecule has 29 heavy (non-hydrogen) atoms. The molecule has 0 amide bonds. The van der Waals surface area contributed by atoms with E-state index in [-0.39, 0.29) is 22.0 Å². The number of benzene rings is 1. The van der Waals surface area contributed by atoms with Crippen molar-refractivity contribution in [3.63, 3.8) is 0 Å². The molecule has 2 heterocycles. The maximum atomic E-state index is 6.22. The van der Waals surface area contributed by atoms with Gasteiger partial charge in [-0.2, -0.15) is 0 Å². The monoisotopic (exact) mass is 395 g/mol. The molecule has 3 rings (SSSR count). The van der Waals surface area contributed by atoms with E-state index in [1.54, 1.807) is 0 Å². The van der Waals surface area contributed by atoms with Crippen molar-refractivity contribution >= 4 is 12.6 Å². The highest BCUT2D eigenvalue weighted by molar-refractivity contribution is 6.62. The van der Waals surface area contributed by atoms with Gasteiger partial charge in [-0.1, -0.05) is 65.8 Å². The number of hydrogen-bond acceptors (Lipinski definition) is 5. The van der Waals surface area contributed by atoms with Crippen molar-refractivity contribution in [3.05, 3.63) is 35.9 Å². The van der Waals surface area contributed by atoms with Gasteiger partial charge in [-0.05, 0) is 33.2 Å². The van der Waals surface area contributed by atoms with Gasteiger partial charge in [0.15, 0.2) is 5.82 Å². The van der Waals surface area contributed by atoms with Crippen LogP contribution in [-0.4, -0.2) is 33.3 Å². The smallest absolute Gasteiger partial charge is 0.399 e. The average Bonchev–Trinajstić information content (AvgIpc) is 2.81. The molecule has 0 radical (unpaired) electrons. The molecule has 2 aromatic rings. The Kier molecular flexibility index (Phi) is 5.20. The third-order valence-electron chi connectivity index (χ3n) is 5.65. The van der Waals surface area contributed by atoms with E-state index in [1.807, 2.05) is 18.2 Å². The molecule has 1 aliphatic rings. The Morgan fingerprint density at radius 2 is 1.24 bits per heavy atom. The lowest BCUT2D eigenvalue weighted by molar-refractivity contribution is 0.00578. The predicted octanol–water partition coefficient (Wildman–Crippen LogP) is 4.43. The van der Waals surface area contributed by atoms with Crippen LogP contribution in [0.5, 0.6) is 0 Å². The Hall–Kier alpha value is -1.79. The van der Waals surface area contributed by atoms with Crippen molar-refractivity contribution in [1.29, 1.82) is 0 Å². The maximum absolute atomic E-state index is 6.22. The zero-order chi connectivity index (χ0) is 21.8. The molecule has 1 saturated heterocycles. The number of hydrogen-bond donors (Lipinski definition) is 0. The molecule has 156 valence electrons. The first-order chi connectivity index (χ1) is 13.1. The Bertz CT molecular complexity index is 863. The van der Waals surface area contributed by atoms with Gasteiger partial charge in [-0.25, -0.2) is 15.0 Å². The molecule has 1 fully saturated rings. The molecule has 0 aliphatic carbocycles. The summed E-state index contributed by atoms with van der Waals surface area (Å²) in [6.07, 6.45) is 0. The number of aromatic nitrogens is 3. The summed E-state index contributed by atoms with van der Waals surface area (Å²) in [5.74, 6) is 2.29. The minimum atomic E-state index is -0.411. The Morgan fingerprint density at radius 1 is 0.759 bits per heavy atom. The van der Waals surface area contributed by atoms with E-state index in [2.05, 4.69) is 75.3 Å². The fourth-order valence-corrected chi connectivity index (χ4v) is 2.98. The zero-order valence-electron chi connectivity index (χ0n) is 19.5. The molecule has 0 N–H and O–H groups in total. The highest BCUT2D eigenvalue weighted by atomic mass is 16.7. The first-order valence-corrected chi connectivity index (χ1v) is 10.3. The molecule has 6 heteroatoms. The zero-order valence-corrected chi connectivity index (χ0v) is 19.5. The van der Waals surface area contributed by atoms with Crippen LogP contribution in [-0.2, 0) is 20.1 Å². The average molecular weight is 395 g/mol. The second kappa shape index (κ2) is 6.88. The molecule has 1 aromatic carbocycles. The van der Waals surface area contributed by atoms with E-state index < -0.39 is 7.12 Å². The Balaban J connectivity index is 2.05. The van der Waals surface area contributed by atoms with E-state index in [4.69, 9.17) is 24.3 Å². The van der Waals surface area contributed by atoms with Crippen LogP contribution in [0.3, 0.4) is 0 Å². The summed E-state index contributed by atoms with van der Waals surface area (Å²) in [4.78, 5) is 14.4. The van der Waals surface area contributed by atoms with Gasteiger partial charge in [0.25, 0.3) is 0 Å². The van der Waals surface area contributed by atoms with Crippen molar-refractivity contribution < 1.29 is 9.31 Å². The lowest BCUT2D eigenvalue weighted by Crippen LogP contribution is -2.41. The largest absolute Gasteiger partial charge is 0.494 e. The first-order valence-electron chi connectivity index (χ1n) is 10.3. The van der Waals surface area contributed by atoms with Gasteiger partial charge in [0.1, 0.15) is 11.6 Å². The van der Waals surface area contributed by atoms with Gasteiger partial charge < -0.3 is 9.31 Å². The summed E-state index contributed by atoms with van der Waals surface area (Å²) in [6.45, 7) is 21.0. The van der Waals surface area contributed by atoms with Crippen molar-refractivity contribution in [2.75, 3.05) is 0 Å². The summed E-state index contributed by atoms with van der Waals surface area (Å²) in [5.41, 5.74) is 0.827. The van der Waals surface area contributed by atoms with Gasteiger partial charge in [-0.15, -0.1) is 0 Å². The summed E-state index contributed by atoms with van der Waals surface area (Å²) in [6, 6.07) is 8.13. The maximum Gasteiger partial charge on any atom is 0.494 e. The number of nitrogens with zero attached hydrogens (tertiary/aromatic N) is 3. The fraction of sp³-hybridized carbons (Fsp3) is 0.609. The molecule has 0 spiro atoms. The summed E-state index contributed by atoms with van der Waals surface area (Å²) < 4.78 is 12.4. The lowest BCUT2D eigenvalue weighted by Gasteiger charge is -2.32. The summed E-state index contributed by atoms with van der Waals surface area (Å²) in [5, 5.41) is 0. The van der Waals surface area contributed by atoms with Crippen molar-refractivity contribution in [3.8, 4) is 11.4 Å². The molecule has 5 nitrogen and oxygen atoms in total. The molecular formula is C23H34BN3O2. The van der Waals surface area contributed by atoms with Crippen LogP contribution in [0.25, 0.3) is 11.4 Å². The normalized spacial score (nSPS) is 18.9. The van der Waals surface area contributed by atoms with Crippen molar-refractivity contribution in [2.45, 2.75) is 91.3 Å². The third kappa shape index (κ3) is 4.38. The van der Waals surface area contributed by atoms with Crippen LogP contribution in [0.15, 0.2) is 24.3 Å². The highest BCUT2D eigenvalue weighted by Crippen LogP contribution is 2.36. The predicted molar refractivity (Wildman–Crippen MR) is 118 cm³/mol. The van der Waals surface area contributed by atoms with Gasteiger partial charge >= 0.3 is 7.12 Å². The van der Waals surface area contributed by atoms with E-state index >= 15 is 0 Å². The summed E-state index contributed by atoms with van der Waals surface area (Å²) >= 11 is 0. The summed E-state index contributed by atoms with van der Waals surface area (Å²) in [7, 11) is -0.411. The van der Waals surface area contributed by atoms with Crippen molar-refractivity contribution in [1.82, 2.24) is 15.0 Å². The minimum Gasteiger partial charge on any atom is -0.399 e. The van der Waals surface area contributed by atoms with E-state index in [1.165, 1.54) is 0 Å². The fourth-order valence-electron chi connectivity index (χ4n) is 2.98. The third-order valence-corrected chi connectivity index (χ3v) is 5.65. The van der Waals surface area contributed by atoms with Gasteiger partial charge in [0.2, 0.25) is 0 Å². The quantitative estimate of drug-likeness (QED) is 0.704. The van der Waals surface area contributed by atoms with E-state index in [0.717, 1.165) is 22.7 Å². The second-order valence-electron chi connectivity index (χ2n) is 11.0. The van der Waals surface area contributed by atoms with Gasteiger partial charge in [0, 0.05) is 16.4 Å². The molecule has 1 aliphatic heterocycles. The van der Waals surface area contributed by atoms with Crippen LogP contribution >= 0.6 is 0 Å². The number of rotatable bonds is 2. The molecule has 1 aromatic heterocycles. The van der Waals surface area contributed by atoms with Crippen molar-refractivity contribution in [2.24, 2.45) is 0 Å². The molecule has 0 bridgehead atoms. The Morgan fingerprint density at radius 3 is 1.69 bits per heavy atom. The molecule has 0 atom stereocenters. The standard InChI is InChI=1S/C23H34BN3O2/c1-20(2,3)18-25-17(26-19(27-18)21(4,5)6)15-12-11-13-16(14-15)24-28-22(7,8)23(9,10)29-24/h11-14H,1-10H3. The van der Waals surface area contributed by atoms with Crippen LogP contribution in [0.2, 0.25) is 0 Å². The van der Waals surface area contributed by atoms with E-state index in [0.29, 0.717) is 5.82 Å². The Labute approximate surface area is 175 Å². The van der Waals surface area contributed by atoms with Crippen LogP contribution in [0.1, 0.15) is 80.9 Å². The minimum absolute atomic E-state index is 0.166. The SMILES string of the molecule is CC(C)(C)c1nc(-c2cccc(B3OC(C)(C)C(C)(C)O3)c2)nc(C(C)(C)C)n1. The van der Waals surface area contributed by atoms with E-state index in [9.17, 15) is 0 Å².